The van der Waals surface area contributed by atoms with E-state index in [0.717, 1.165) is 70.1 Å². The zero-order valence-electron chi connectivity index (χ0n) is 40.2. The third-order valence-electron chi connectivity index (χ3n) is 12.0. The van der Waals surface area contributed by atoms with E-state index in [9.17, 15) is 14.4 Å². The molecule has 0 bridgehead atoms. The summed E-state index contributed by atoms with van der Waals surface area (Å²) in [5, 5.41) is 0. The average Bonchev–Trinajstić information content (AvgIpc) is 3.22. The molecule has 0 fully saturated rings. The van der Waals surface area contributed by atoms with Crippen molar-refractivity contribution < 1.29 is 28.6 Å². The third-order valence-corrected chi connectivity index (χ3v) is 12.0. The summed E-state index contributed by atoms with van der Waals surface area (Å²) in [6.07, 6.45) is 49.9. The predicted octanol–water partition coefficient (Wildman–Crippen LogP) is 17.1. The largest absolute Gasteiger partial charge is 0.462 e. The van der Waals surface area contributed by atoms with Gasteiger partial charge in [0.1, 0.15) is 13.2 Å². The summed E-state index contributed by atoms with van der Waals surface area (Å²) in [6, 6.07) is 0. The molecular weight excluding hydrogens is 733 g/mol. The first-order chi connectivity index (χ1) is 28.9. The number of carbonyl (C=O) groups is 3. The molecule has 0 amide bonds. The second-order valence-electron chi connectivity index (χ2n) is 18.6. The monoisotopic (exact) mass is 835 g/mol. The Kier molecular flexibility index (Phi) is 46.2. The van der Waals surface area contributed by atoms with Crippen LogP contribution in [-0.4, -0.2) is 37.2 Å². The van der Waals surface area contributed by atoms with Crippen molar-refractivity contribution in [2.24, 2.45) is 5.92 Å². The van der Waals surface area contributed by atoms with Crippen molar-refractivity contribution in [3.63, 3.8) is 0 Å². The zero-order valence-corrected chi connectivity index (χ0v) is 40.2. The zero-order chi connectivity index (χ0) is 43.1. The van der Waals surface area contributed by atoms with Gasteiger partial charge in [-0.1, -0.05) is 259 Å². The van der Waals surface area contributed by atoms with Gasteiger partial charge in [-0.15, -0.1) is 0 Å². The summed E-state index contributed by atoms with van der Waals surface area (Å²) in [5.74, 6) is 0.00117. The molecule has 0 rings (SSSR count). The van der Waals surface area contributed by atoms with Crippen molar-refractivity contribution in [2.45, 2.75) is 303 Å². The molecule has 1 atom stereocenters. The van der Waals surface area contributed by atoms with E-state index in [4.69, 9.17) is 14.2 Å². The van der Waals surface area contributed by atoms with Gasteiger partial charge < -0.3 is 14.2 Å². The van der Waals surface area contributed by atoms with Gasteiger partial charge in [-0.3, -0.25) is 14.4 Å². The van der Waals surface area contributed by atoms with Crippen LogP contribution in [0.15, 0.2) is 0 Å². The first kappa shape index (κ1) is 57.4. The lowest BCUT2D eigenvalue weighted by atomic mass is 10.0. The van der Waals surface area contributed by atoms with Gasteiger partial charge in [0.25, 0.3) is 0 Å². The van der Waals surface area contributed by atoms with Crippen molar-refractivity contribution in [2.75, 3.05) is 13.2 Å². The van der Waals surface area contributed by atoms with Crippen molar-refractivity contribution in [1.82, 2.24) is 0 Å². The molecule has 0 unspecified atom stereocenters. The van der Waals surface area contributed by atoms with Crippen molar-refractivity contribution in [1.29, 1.82) is 0 Å². The summed E-state index contributed by atoms with van der Waals surface area (Å²) in [4.78, 5) is 37.6. The lowest BCUT2D eigenvalue weighted by Gasteiger charge is -2.18. The fraction of sp³-hybridized carbons (Fsp3) is 0.943. The number of unbranched alkanes of at least 4 members (excludes halogenated alkanes) is 35. The highest BCUT2D eigenvalue weighted by atomic mass is 16.6. The van der Waals surface area contributed by atoms with Gasteiger partial charge in [0.15, 0.2) is 6.10 Å². The summed E-state index contributed by atoms with van der Waals surface area (Å²) in [6.45, 7) is 8.97. The Balaban J connectivity index is 4.05. The SMILES string of the molecule is CCCCCCCCCCCCCCCCCC(=O)O[C@@H](COC(=O)CCCCCCC)COC(=O)CCCCCCCCCCCCCCCCCCCCC(C)C. The number of carbonyl (C=O) groups excluding carboxylic acids is 3. The molecule has 0 aromatic carbocycles. The highest BCUT2D eigenvalue weighted by molar-refractivity contribution is 5.71. The smallest absolute Gasteiger partial charge is 0.306 e. The summed E-state index contributed by atoms with van der Waals surface area (Å²) in [7, 11) is 0. The Morgan fingerprint density at radius 1 is 0.322 bits per heavy atom. The minimum absolute atomic E-state index is 0.0636. The normalized spacial score (nSPS) is 11.9. The highest BCUT2D eigenvalue weighted by Crippen LogP contribution is 2.17. The molecule has 0 N–H and O–H groups in total. The van der Waals surface area contributed by atoms with Crippen LogP contribution in [0.3, 0.4) is 0 Å². The van der Waals surface area contributed by atoms with E-state index in [0.29, 0.717) is 19.3 Å². The molecule has 6 nitrogen and oxygen atoms in total. The van der Waals surface area contributed by atoms with Crippen LogP contribution in [0.5, 0.6) is 0 Å². The molecular formula is C53H102O6. The number of ether oxygens (including phenoxy) is 3. The van der Waals surface area contributed by atoms with E-state index in [1.165, 1.54) is 186 Å². The molecule has 0 aromatic heterocycles. The lowest BCUT2D eigenvalue weighted by Crippen LogP contribution is -2.30. The maximum absolute atomic E-state index is 12.7. The first-order valence-corrected chi connectivity index (χ1v) is 26.4. The Bertz CT molecular complexity index is 887. The summed E-state index contributed by atoms with van der Waals surface area (Å²) < 4.78 is 16.7. The predicted molar refractivity (Wildman–Crippen MR) is 252 cm³/mol. The van der Waals surface area contributed by atoms with Crippen molar-refractivity contribution in [3.05, 3.63) is 0 Å². The van der Waals surface area contributed by atoms with Gasteiger partial charge >= 0.3 is 17.9 Å². The van der Waals surface area contributed by atoms with E-state index in [1.54, 1.807) is 0 Å². The van der Waals surface area contributed by atoms with Gasteiger partial charge in [0.2, 0.25) is 0 Å². The number of esters is 3. The van der Waals surface area contributed by atoms with Crippen molar-refractivity contribution >= 4 is 17.9 Å². The molecule has 0 aliphatic heterocycles. The van der Waals surface area contributed by atoms with E-state index in [2.05, 4.69) is 27.7 Å². The van der Waals surface area contributed by atoms with Gasteiger partial charge in [-0.25, -0.2) is 0 Å². The summed E-state index contributed by atoms with van der Waals surface area (Å²) >= 11 is 0. The van der Waals surface area contributed by atoms with Crippen LogP contribution in [0.2, 0.25) is 0 Å². The van der Waals surface area contributed by atoms with E-state index in [-0.39, 0.29) is 31.1 Å². The van der Waals surface area contributed by atoms with E-state index < -0.39 is 6.10 Å². The van der Waals surface area contributed by atoms with Crippen LogP contribution >= 0.6 is 0 Å². The van der Waals surface area contributed by atoms with Crippen LogP contribution < -0.4 is 0 Å². The fourth-order valence-corrected chi connectivity index (χ4v) is 8.04. The van der Waals surface area contributed by atoms with Crippen LogP contribution in [-0.2, 0) is 28.6 Å². The first-order valence-electron chi connectivity index (χ1n) is 26.4. The molecule has 0 spiro atoms. The maximum atomic E-state index is 12.7. The van der Waals surface area contributed by atoms with Gasteiger partial charge in [-0.2, -0.15) is 0 Å². The Labute approximate surface area is 368 Å². The van der Waals surface area contributed by atoms with Gasteiger partial charge in [0.05, 0.1) is 0 Å². The third kappa shape index (κ3) is 47.3. The number of hydrogen-bond acceptors (Lipinski definition) is 6. The molecule has 0 aromatic rings. The number of hydrogen-bond donors (Lipinski definition) is 0. The average molecular weight is 835 g/mol. The molecule has 0 radical (unpaired) electrons. The fourth-order valence-electron chi connectivity index (χ4n) is 8.04. The standard InChI is InChI=1S/C53H102O6/c1-5-7-9-11-12-13-14-15-20-25-28-31-34-38-42-46-53(56)59-50(47-57-51(54)44-40-35-10-8-6-2)48-58-52(55)45-41-37-33-30-27-24-22-19-17-16-18-21-23-26-29-32-36-39-43-49(3)4/h49-50H,5-48H2,1-4H3/t50-/m0/s1. The van der Waals surface area contributed by atoms with Crippen LogP contribution in [0.25, 0.3) is 0 Å². The number of rotatable bonds is 48. The second-order valence-corrected chi connectivity index (χ2v) is 18.6. The Morgan fingerprint density at radius 2 is 0.559 bits per heavy atom. The minimum Gasteiger partial charge on any atom is -0.462 e. The molecule has 0 heterocycles. The highest BCUT2D eigenvalue weighted by Gasteiger charge is 2.19. The molecule has 0 aliphatic carbocycles. The van der Waals surface area contributed by atoms with E-state index in [1.807, 2.05) is 0 Å². The molecule has 0 saturated carbocycles. The minimum atomic E-state index is -0.758. The lowest BCUT2D eigenvalue weighted by molar-refractivity contribution is -0.167. The van der Waals surface area contributed by atoms with Crippen LogP contribution in [0.1, 0.15) is 297 Å². The molecule has 6 heteroatoms. The van der Waals surface area contributed by atoms with Crippen molar-refractivity contribution in [3.8, 4) is 0 Å². The quantitative estimate of drug-likeness (QED) is 0.0345. The Morgan fingerprint density at radius 3 is 0.831 bits per heavy atom. The maximum Gasteiger partial charge on any atom is 0.306 e. The molecule has 59 heavy (non-hydrogen) atoms. The molecule has 0 aliphatic rings. The van der Waals surface area contributed by atoms with Gasteiger partial charge in [-0.05, 0) is 25.2 Å². The summed E-state index contributed by atoms with van der Waals surface area (Å²) in [5.41, 5.74) is 0. The molecule has 0 saturated heterocycles. The topological polar surface area (TPSA) is 78.9 Å². The molecule has 350 valence electrons. The van der Waals surface area contributed by atoms with E-state index >= 15 is 0 Å². The van der Waals surface area contributed by atoms with Gasteiger partial charge in [0, 0.05) is 19.3 Å². The Hall–Kier alpha value is -1.59. The van der Waals surface area contributed by atoms with Crippen LogP contribution in [0, 0.1) is 5.92 Å². The van der Waals surface area contributed by atoms with Crippen LogP contribution in [0.4, 0.5) is 0 Å². The second kappa shape index (κ2) is 47.5.